The zero-order valence-electron chi connectivity index (χ0n) is 14.6. The first-order chi connectivity index (χ1) is 13.2. The topological polar surface area (TPSA) is 35.5 Å². The molecule has 2 unspecified atom stereocenters. The summed E-state index contributed by atoms with van der Waals surface area (Å²) < 4.78 is 78.3. The van der Waals surface area contributed by atoms with Crippen molar-refractivity contribution < 1.29 is 36.2 Å². The van der Waals surface area contributed by atoms with Gasteiger partial charge in [-0.25, -0.2) is 13.6 Å². The number of carbonyl (C=O) groups excluding carboxylic acids is 1. The van der Waals surface area contributed by atoms with Crippen LogP contribution < -0.4 is 4.74 Å². The molecule has 2 aromatic rings. The number of rotatable bonds is 4. The smallest absolute Gasteiger partial charge is 0.430 e. The van der Waals surface area contributed by atoms with E-state index in [1.54, 1.807) is 0 Å². The third-order valence-electron chi connectivity index (χ3n) is 4.16. The summed E-state index contributed by atoms with van der Waals surface area (Å²) in [4.78, 5) is 11.9. The molecule has 0 fully saturated rings. The maximum Gasteiger partial charge on any atom is 0.430 e. The molecule has 0 saturated carbocycles. The number of hydrogen-bond donors (Lipinski definition) is 0. The lowest BCUT2D eigenvalue weighted by Gasteiger charge is -2.28. The molecule has 28 heavy (non-hydrogen) atoms. The molecule has 0 spiro atoms. The van der Waals surface area contributed by atoms with Crippen LogP contribution in [0.4, 0.5) is 22.0 Å². The van der Waals surface area contributed by atoms with Gasteiger partial charge in [-0.15, -0.1) is 0 Å². The van der Waals surface area contributed by atoms with Crippen LogP contribution in [0.5, 0.6) is 5.75 Å². The van der Waals surface area contributed by atoms with E-state index in [9.17, 15) is 26.7 Å². The van der Waals surface area contributed by atoms with Gasteiger partial charge in [-0.1, -0.05) is 30.3 Å². The lowest BCUT2D eigenvalue weighted by Crippen LogP contribution is -2.40. The molecule has 0 saturated heterocycles. The molecule has 0 bridgehead atoms. The molecule has 1 aliphatic heterocycles. The van der Waals surface area contributed by atoms with Crippen LogP contribution >= 0.6 is 0 Å². The predicted octanol–water partition coefficient (Wildman–Crippen LogP) is 5.15. The van der Waals surface area contributed by atoms with E-state index < -0.39 is 35.8 Å². The van der Waals surface area contributed by atoms with Gasteiger partial charge in [0.25, 0.3) is 0 Å². The summed E-state index contributed by atoms with van der Waals surface area (Å²) in [6.45, 7) is 1.37. The van der Waals surface area contributed by atoms with Crippen molar-refractivity contribution in [3.05, 3.63) is 70.5 Å². The summed E-state index contributed by atoms with van der Waals surface area (Å²) in [5, 5.41) is 0. The van der Waals surface area contributed by atoms with Gasteiger partial charge in [-0.2, -0.15) is 13.2 Å². The summed E-state index contributed by atoms with van der Waals surface area (Å²) in [7, 11) is 0. The summed E-state index contributed by atoms with van der Waals surface area (Å²) in [6.07, 6.45) is -8.31. The number of ether oxygens (including phenoxy) is 2. The minimum atomic E-state index is -4.88. The molecule has 1 heterocycles. The molecule has 2 atom stereocenters. The fourth-order valence-electron chi connectivity index (χ4n) is 2.85. The van der Waals surface area contributed by atoms with Gasteiger partial charge in [0.05, 0.1) is 12.2 Å². The van der Waals surface area contributed by atoms with Crippen molar-refractivity contribution in [2.75, 3.05) is 6.61 Å². The Balaban J connectivity index is 2.01. The number of hydrogen-bond acceptors (Lipinski definition) is 3. The van der Waals surface area contributed by atoms with Gasteiger partial charge in [0.15, 0.2) is 6.17 Å². The highest BCUT2D eigenvalue weighted by molar-refractivity contribution is 5.96. The molecule has 148 valence electrons. The SMILES string of the molecule is CCOC(=O)C1=Cc2ccc(C(F)c3ccccc3F)cc2OC1C(F)(F)F. The summed E-state index contributed by atoms with van der Waals surface area (Å²) in [5.41, 5.74) is -0.848. The lowest BCUT2D eigenvalue weighted by molar-refractivity contribution is -0.187. The second-order valence-electron chi connectivity index (χ2n) is 6.04. The van der Waals surface area contributed by atoms with Crippen molar-refractivity contribution >= 4 is 12.0 Å². The van der Waals surface area contributed by atoms with Crippen LogP contribution in [0.1, 0.15) is 29.8 Å². The van der Waals surface area contributed by atoms with Crippen LogP contribution in [0.15, 0.2) is 48.0 Å². The number of alkyl halides is 4. The Morgan fingerprint density at radius 2 is 1.93 bits per heavy atom. The minimum absolute atomic E-state index is 0.0715. The molecule has 0 aromatic heterocycles. The van der Waals surface area contributed by atoms with Crippen LogP contribution in [-0.2, 0) is 9.53 Å². The monoisotopic (exact) mass is 398 g/mol. The van der Waals surface area contributed by atoms with E-state index in [4.69, 9.17) is 4.74 Å². The number of halogens is 5. The Hall–Kier alpha value is -2.90. The van der Waals surface area contributed by atoms with Crippen molar-refractivity contribution in [3.8, 4) is 5.75 Å². The lowest BCUT2D eigenvalue weighted by atomic mass is 9.96. The summed E-state index contributed by atoms with van der Waals surface area (Å²) >= 11 is 0. The van der Waals surface area contributed by atoms with E-state index in [0.29, 0.717) is 0 Å². The normalized spacial score (nSPS) is 17.2. The Kier molecular flexibility index (Phi) is 5.40. The molecular formula is C20H15F5O3. The maximum absolute atomic E-state index is 14.7. The van der Waals surface area contributed by atoms with E-state index >= 15 is 0 Å². The van der Waals surface area contributed by atoms with Crippen LogP contribution in [0.2, 0.25) is 0 Å². The van der Waals surface area contributed by atoms with Gasteiger partial charge in [0.2, 0.25) is 6.10 Å². The first kappa shape index (κ1) is 19.9. The van der Waals surface area contributed by atoms with Crippen LogP contribution in [0, 0.1) is 5.82 Å². The first-order valence-corrected chi connectivity index (χ1v) is 8.37. The van der Waals surface area contributed by atoms with Gasteiger partial charge in [0.1, 0.15) is 11.6 Å². The van der Waals surface area contributed by atoms with Gasteiger partial charge < -0.3 is 9.47 Å². The van der Waals surface area contributed by atoms with Crippen molar-refractivity contribution in [3.63, 3.8) is 0 Å². The first-order valence-electron chi connectivity index (χ1n) is 8.37. The van der Waals surface area contributed by atoms with Crippen molar-refractivity contribution in [2.45, 2.75) is 25.4 Å². The Morgan fingerprint density at radius 1 is 1.21 bits per heavy atom. The average molecular weight is 398 g/mol. The van der Waals surface area contributed by atoms with E-state index in [2.05, 4.69) is 4.74 Å². The van der Waals surface area contributed by atoms with Crippen molar-refractivity contribution in [2.24, 2.45) is 0 Å². The average Bonchev–Trinajstić information content (AvgIpc) is 2.66. The fraction of sp³-hybridized carbons (Fsp3) is 0.250. The molecule has 0 radical (unpaired) electrons. The second kappa shape index (κ2) is 7.61. The molecule has 2 aromatic carbocycles. The highest BCUT2D eigenvalue weighted by atomic mass is 19.4. The zero-order chi connectivity index (χ0) is 20.5. The quantitative estimate of drug-likeness (QED) is 0.528. The molecule has 8 heteroatoms. The molecule has 3 rings (SSSR count). The van der Waals surface area contributed by atoms with Crippen LogP contribution in [-0.4, -0.2) is 24.9 Å². The zero-order valence-corrected chi connectivity index (χ0v) is 14.6. The largest absolute Gasteiger partial charge is 0.475 e. The standard InChI is InChI=1S/C20H15F5O3/c1-2-27-19(26)14-9-11-7-8-12(10-16(11)28-18(14)20(23,24)25)17(22)13-5-3-4-6-15(13)21/h3-10,17-18H,2H2,1H3. The second-order valence-corrected chi connectivity index (χ2v) is 6.04. The van der Waals surface area contributed by atoms with E-state index in [-0.39, 0.29) is 29.0 Å². The van der Waals surface area contributed by atoms with Gasteiger partial charge >= 0.3 is 12.1 Å². The van der Waals surface area contributed by atoms with Crippen molar-refractivity contribution in [1.82, 2.24) is 0 Å². The van der Waals surface area contributed by atoms with E-state index in [1.165, 1.54) is 37.3 Å². The Labute approximate surface area is 157 Å². The molecule has 3 nitrogen and oxygen atoms in total. The predicted molar refractivity (Wildman–Crippen MR) is 90.9 cm³/mol. The molecule has 0 N–H and O–H groups in total. The van der Waals surface area contributed by atoms with Crippen molar-refractivity contribution in [1.29, 1.82) is 0 Å². The minimum Gasteiger partial charge on any atom is -0.475 e. The maximum atomic E-state index is 14.7. The van der Waals surface area contributed by atoms with Gasteiger partial charge in [-0.3, -0.25) is 0 Å². The highest BCUT2D eigenvalue weighted by Crippen LogP contribution is 2.40. The summed E-state index contributed by atoms with van der Waals surface area (Å²) in [6, 6.07) is 8.87. The summed E-state index contributed by atoms with van der Waals surface area (Å²) in [5.74, 6) is -2.17. The van der Waals surface area contributed by atoms with Gasteiger partial charge in [0, 0.05) is 11.1 Å². The van der Waals surface area contributed by atoms with Crippen LogP contribution in [0.25, 0.3) is 6.08 Å². The fourth-order valence-corrected chi connectivity index (χ4v) is 2.85. The third kappa shape index (κ3) is 3.85. The third-order valence-corrected chi connectivity index (χ3v) is 4.16. The molecule has 0 aliphatic carbocycles. The van der Waals surface area contributed by atoms with E-state index in [0.717, 1.165) is 18.2 Å². The molecule has 0 amide bonds. The van der Waals surface area contributed by atoms with Gasteiger partial charge in [-0.05, 0) is 30.7 Å². The Morgan fingerprint density at radius 3 is 2.57 bits per heavy atom. The number of carbonyl (C=O) groups is 1. The number of esters is 1. The molecular weight excluding hydrogens is 383 g/mol. The number of fused-ring (bicyclic) bond motifs is 1. The Bertz CT molecular complexity index is 920. The number of benzene rings is 2. The van der Waals surface area contributed by atoms with Crippen LogP contribution in [0.3, 0.4) is 0 Å². The highest BCUT2D eigenvalue weighted by Gasteiger charge is 2.48. The molecule has 1 aliphatic rings. The van der Waals surface area contributed by atoms with E-state index in [1.807, 2.05) is 0 Å².